The van der Waals surface area contributed by atoms with Gasteiger partial charge in [0.1, 0.15) is 5.75 Å². The minimum Gasteiger partial charge on any atom is -0.497 e. The maximum absolute atomic E-state index is 13.4. The highest BCUT2D eigenvalue weighted by Gasteiger charge is 2.47. The summed E-state index contributed by atoms with van der Waals surface area (Å²) in [6.07, 6.45) is 3.53. The molecule has 202 valence electrons. The summed E-state index contributed by atoms with van der Waals surface area (Å²) in [6.45, 7) is 7.98. The van der Waals surface area contributed by atoms with Crippen LogP contribution < -0.4 is 10.1 Å². The molecule has 2 aromatic rings. The molecule has 1 N–H and O–H groups in total. The summed E-state index contributed by atoms with van der Waals surface area (Å²) in [5.74, 6) is 1.11. The van der Waals surface area contributed by atoms with Crippen molar-refractivity contribution in [3.05, 3.63) is 64.7 Å². The van der Waals surface area contributed by atoms with Gasteiger partial charge in [0.2, 0.25) is 11.8 Å². The van der Waals surface area contributed by atoms with Crippen molar-refractivity contribution in [1.29, 1.82) is 0 Å². The zero-order valence-electron chi connectivity index (χ0n) is 22.0. The van der Waals surface area contributed by atoms with Gasteiger partial charge in [0.15, 0.2) is 0 Å². The van der Waals surface area contributed by atoms with Crippen LogP contribution in [0, 0.1) is 11.3 Å². The Morgan fingerprint density at radius 1 is 1.08 bits per heavy atom. The van der Waals surface area contributed by atoms with E-state index in [9.17, 15) is 9.59 Å². The van der Waals surface area contributed by atoms with Crippen molar-refractivity contribution in [2.24, 2.45) is 11.3 Å². The number of nitrogens with one attached hydrogen (secondary N) is 1. The number of rotatable bonds is 9. The quantitative estimate of drug-likeness (QED) is 0.451. The maximum Gasteiger partial charge on any atom is 0.229 e. The molecule has 0 aromatic heterocycles. The van der Waals surface area contributed by atoms with E-state index >= 15 is 0 Å². The van der Waals surface area contributed by atoms with Gasteiger partial charge in [-0.25, -0.2) is 0 Å². The standard InChI is InChI=1S/C29H38ClN3O3.ClH/c1-21(2)27(34)31-26(23-5-4-6-24(30)19-23)11-15-32-16-12-29(13-17-32)14-18-33(28(29)35)20-22-7-9-25(36-3)10-8-22;/h4-10,19,21,26H,11-18,20H2,1-3H3,(H,31,34);1H/t26-;/m0./s1. The summed E-state index contributed by atoms with van der Waals surface area (Å²) in [4.78, 5) is 30.3. The molecule has 2 fully saturated rings. The van der Waals surface area contributed by atoms with Crippen LogP contribution >= 0.6 is 24.0 Å². The zero-order valence-corrected chi connectivity index (χ0v) is 23.6. The lowest BCUT2D eigenvalue weighted by Gasteiger charge is -2.38. The Morgan fingerprint density at radius 3 is 2.38 bits per heavy atom. The smallest absolute Gasteiger partial charge is 0.229 e. The lowest BCUT2D eigenvalue weighted by atomic mass is 9.77. The second-order valence-corrected chi connectivity index (χ2v) is 10.9. The number of carbonyl (C=O) groups excluding carboxylic acids is 2. The Balaban J connectivity index is 0.00000380. The van der Waals surface area contributed by atoms with E-state index in [0.717, 1.165) is 68.7 Å². The number of benzene rings is 2. The predicted molar refractivity (Wildman–Crippen MR) is 150 cm³/mol. The Morgan fingerprint density at radius 2 is 1.76 bits per heavy atom. The number of methoxy groups -OCH3 is 1. The highest BCUT2D eigenvalue weighted by Crippen LogP contribution is 2.42. The van der Waals surface area contributed by atoms with Crippen LogP contribution in [0.2, 0.25) is 5.02 Å². The van der Waals surface area contributed by atoms with Gasteiger partial charge in [-0.1, -0.05) is 49.7 Å². The molecule has 0 saturated carbocycles. The van der Waals surface area contributed by atoms with Crippen LogP contribution in [0.1, 0.15) is 56.7 Å². The van der Waals surface area contributed by atoms with Crippen LogP contribution in [0.3, 0.4) is 0 Å². The molecule has 0 aliphatic carbocycles. The maximum atomic E-state index is 13.4. The van der Waals surface area contributed by atoms with E-state index in [4.69, 9.17) is 16.3 Å². The molecule has 6 nitrogen and oxygen atoms in total. The normalized spacial score (nSPS) is 18.1. The van der Waals surface area contributed by atoms with Gasteiger partial charge in [0, 0.05) is 30.6 Å². The second kappa shape index (κ2) is 13.0. The summed E-state index contributed by atoms with van der Waals surface area (Å²) in [7, 11) is 1.66. The number of halogens is 2. The number of piperidine rings is 1. The molecule has 4 rings (SSSR count). The van der Waals surface area contributed by atoms with Crippen LogP contribution in [0.4, 0.5) is 0 Å². The highest BCUT2D eigenvalue weighted by molar-refractivity contribution is 6.30. The molecule has 0 unspecified atom stereocenters. The zero-order chi connectivity index (χ0) is 25.7. The van der Waals surface area contributed by atoms with Crippen molar-refractivity contribution in [3.8, 4) is 5.75 Å². The molecule has 37 heavy (non-hydrogen) atoms. The molecular weight excluding hydrogens is 509 g/mol. The minimum atomic E-state index is -0.221. The largest absolute Gasteiger partial charge is 0.497 e. The van der Waals surface area contributed by atoms with E-state index in [-0.39, 0.29) is 35.7 Å². The molecule has 2 saturated heterocycles. The monoisotopic (exact) mass is 547 g/mol. The first-order valence-corrected chi connectivity index (χ1v) is 13.4. The predicted octanol–water partition coefficient (Wildman–Crippen LogP) is 5.49. The van der Waals surface area contributed by atoms with Gasteiger partial charge in [-0.3, -0.25) is 9.59 Å². The molecular formula is C29H39Cl2N3O3. The first-order chi connectivity index (χ1) is 17.3. The van der Waals surface area contributed by atoms with Gasteiger partial charge < -0.3 is 19.9 Å². The summed E-state index contributed by atoms with van der Waals surface area (Å²) >= 11 is 6.23. The molecule has 1 atom stereocenters. The Kier molecular flexibility index (Phi) is 10.3. The Labute approximate surface area is 232 Å². The highest BCUT2D eigenvalue weighted by atomic mass is 35.5. The van der Waals surface area contributed by atoms with Crippen LogP contribution in [-0.2, 0) is 16.1 Å². The molecule has 2 heterocycles. The van der Waals surface area contributed by atoms with Gasteiger partial charge in [-0.15, -0.1) is 12.4 Å². The van der Waals surface area contributed by atoms with Crippen LogP contribution in [0.25, 0.3) is 0 Å². The Bertz CT molecular complexity index is 1050. The van der Waals surface area contributed by atoms with E-state index in [1.165, 1.54) is 0 Å². The molecule has 0 radical (unpaired) electrons. The topological polar surface area (TPSA) is 61.9 Å². The van der Waals surface area contributed by atoms with E-state index < -0.39 is 0 Å². The molecule has 8 heteroatoms. The fourth-order valence-corrected chi connectivity index (χ4v) is 5.56. The number of likely N-dealkylation sites (tertiary alicyclic amines) is 2. The first-order valence-electron chi connectivity index (χ1n) is 13.0. The van der Waals surface area contributed by atoms with Gasteiger partial charge in [-0.2, -0.15) is 0 Å². The Hall–Kier alpha value is -2.28. The van der Waals surface area contributed by atoms with Crippen molar-refractivity contribution < 1.29 is 14.3 Å². The number of amides is 2. The third kappa shape index (κ3) is 7.18. The second-order valence-electron chi connectivity index (χ2n) is 10.5. The fraction of sp³-hybridized carbons (Fsp3) is 0.517. The van der Waals surface area contributed by atoms with Crippen molar-refractivity contribution in [2.45, 2.75) is 52.1 Å². The average Bonchev–Trinajstić information content (AvgIpc) is 3.17. The third-order valence-corrected chi connectivity index (χ3v) is 8.01. The summed E-state index contributed by atoms with van der Waals surface area (Å²) in [5.41, 5.74) is 1.94. The van der Waals surface area contributed by atoms with Crippen LogP contribution in [-0.4, -0.2) is 54.9 Å². The van der Waals surface area contributed by atoms with Crippen molar-refractivity contribution in [1.82, 2.24) is 15.1 Å². The SMILES string of the molecule is COc1ccc(CN2CCC3(CCN(CC[C@H](NC(=O)C(C)C)c4cccc(Cl)c4)CC3)C2=O)cc1.Cl. The van der Waals surface area contributed by atoms with Crippen molar-refractivity contribution in [2.75, 3.05) is 33.3 Å². The van der Waals surface area contributed by atoms with Crippen LogP contribution in [0.5, 0.6) is 5.75 Å². The average molecular weight is 549 g/mol. The number of hydrogen-bond donors (Lipinski definition) is 1. The molecule has 2 aromatic carbocycles. The van der Waals surface area contributed by atoms with E-state index in [1.807, 2.05) is 67.3 Å². The van der Waals surface area contributed by atoms with Gasteiger partial charge in [0.05, 0.1) is 18.6 Å². The van der Waals surface area contributed by atoms with Crippen LogP contribution in [0.15, 0.2) is 48.5 Å². The van der Waals surface area contributed by atoms with E-state index in [0.29, 0.717) is 17.5 Å². The summed E-state index contributed by atoms with van der Waals surface area (Å²) in [6, 6.07) is 15.6. The minimum absolute atomic E-state index is 0. The third-order valence-electron chi connectivity index (χ3n) is 7.77. The van der Waals surface area contributed by atoms with E-state index in [2.05, 4.69) is 10.2 Å². The molecule has 1 spiro atoms. The summed E-state index contributed by atoms with van der Waals surface area (Å²) < 4.78 is 5.24. The summed E-state index contributed by atoms with van der Waals surface area (Å²) in [5, 5.41) is 3.87. The molecule has 2 aliphatic heterocycles. The first kappa shape index (κ1) is 29.3. The number of hydrogen-bond acceptors (Lipinski definition) is 4. The molecule has 2 amide bonds. The van der Waals surface area contributed by atoms with Gasteiger partial charge >= 0.3 is 0 Å². The van der Waals surface area contributed by atoms with E-state index in [1.54, 1.807) is 7.11 Å². The number of nitrogens with zero attached hydrogens (tertiary/aromatic N) is 2. The van der Waals surface area contributed by atoms with Crippen molar-refractivity contribution >= 4 is 35.8 Å². The lowest BCUT2D eigenvalue weighted by Crippen LogP contribution is -2.45. The number of carbonyl (C=O) groups is 2. The molecule has 2 aliphatic rings. The van der Waals surface area contributed by atoms with Gasteiger partial charge in [0.25, 0.3) is 0 Å². The van der Waals surface area contributed by atoms with Gasteiger partial charge in [-0.05, 0) is 74.2 Å². The number of ether oxygens (including phenoxy) is 1. The lowest BCUT2D eigenvalue weighted by molar-refractivity contribution is -0.139. The molecule has 0 bridgehead atoms. The fourth-order valence-electron chi connectivity index (χ4n) is 5.36. The van der Waals surface area contributed by atoms with Crippen molar-refractivity contribution in [3.63, 3.8) is 0 Å².